The van der Waals surface area contributed by atoms with Gasteiger partial charge >= 0.3 is 0 Å². The fourth-order valence-corrected chi connectivity index (χ4v) is 0.476. The molecular weight excluding hydrogens is 120 g/mol. The van der Waals surface area contributed by atoms with Gasteiger partial charge in [0.2, 0.25) is 6.41 Å². The van der Waals surface area contributed by atoms with Crippen LogP contribution in [0.4, 0.5) is 0 Å². The summed E-state index contributed by atoms with van der Waals surface area (Å²) in [5.41, 5.74) is 0. The fraction of sp³-hybridized carbons (Fsp3) is 0.200. The van der Waals surface area contributed by atoms with E-state index in [9.17, 15) is 4.79 Å². The zero-order valence-corrected chi connectivity index (χ0v) is 4.70. The minimum Gasteiger partial charge on any atom is -0.360 e. The number of carbonyl (C=O) groups is 1. The van der Waals surface area contributed by atoms with Crippen molar-refractivity contribution in [3.8, 4) is 0 Å². The van der Waals surface area contributed by atoms with Crippen molar-refractivity contribution < 1.29 is 9.32 Å². The van der Waals surface area contributed by atoms with E-state index in [1.54, 1.807) is 6.07 Å². The first-order valence-electron chi connectivity index (χ1n) is 2.50. The molecule has 0 aromatic carbocycles. The largest absolute Gasteiger partial charge is 0.360 e. The maximum absolute atomic E-state index is 9.73. The number of hydrogen-bond donors (Lipinski definition) is 1. The highest BCUT2D eigenvalue weighted by atomic mass is 16.5. The first-order valence-corrected chi connectivity index (χ1v) is 2.50. The fourth-order valence-electron chi connectivity index (χ4n) is 0.476. The van der Waals surface area contributed by atoms with Crippen LogP contribution in [0.2, 0.25) is 0 Å². The molecule has 1 N–H and O–H groups in total. The highest BCUT2D eigenvalue weighted by Crippen LogP contribution is 1.92. The Morgan fingerprint density at radius 2 is 2.78 bits per heavy atom. The number of carbonyl (C=O) groups excluding carboxylic acids is 1. The molecule has 48 valence electrons. The minimum absolute atomic E-state index is 0.406. The molecule has 0 spiro atoms. The molecule has 4 nitrogen and oxygen atoms in total. The van der Waals surface area contributed by atoms with Crippen molar-refractivity contribution in [2.45, 2.75) is 6.54 Å². The van der Waals surface area contributed by atoms with E-state index in [-0.39, 0.29) is 0 Å². The van der Waals surface area contributed by atoms with E-state index in [2.05, 4.69) is 15.0 Å². The first kappa shape index (κ1) is 5.81. The molecule has 0 fully saturated rings. The molecule has 0 aliphatic rings. The van der Waals surface area contributed by atoms with Gasteiger partial charge < -0.3 is 9.84 Å². The van der Waals surface area contributed by atoms with Crippen LogP contribution in [0.15, 0.2) is 16.8 Å². The van der Waals surface area contributed by atoms with Crippen LogP contribution in [0.1, 0.15) is 5.76 Å². The minimum atomic E-state index is 0.406. The SMILES string of the molecule is O=CNCc1ccno1. The van der Waals surface area contributed by atoms with Gasteiger partial charge in [-0.2, -0.15) is 0 Å². The zero-order chi connectivity index (χ0) is 6.53. The van der Waals surface area contributed by atoms with Gasteiger partial charge in [-0.1, -0.05) is 5.16 Å². The average Bonchev–Trinajstić information content (AvgIpc) is 2.34. The molecule has 4 heteroatoms. The van der Waals surface area contributed by atoms with Gasteiger partial charge in [-0.25, -0.2) is 0 Å². The predicted molar refractivity (Wildman–Crippen MR) is 29.4 cm³/mol. The van der Waals surface area contributed by atoms with Crippen LogP contribution < -0.4 is 5.32 Å². The predicted octanol–water partition coefficient (Wildman–Crippen LogP) is -0.0794. The Kier molecular flexibility index (Phi) is 1.85. The van der Waals surface area contributed by atoms with Gasteiger partial charge in [-0.15, -0.1) is 0 Å². The van der Waals surface area contributed by atoms with Gasteiger partial charge in [0.25, 0.3) is 0 Å². The van der Waals surface area contributed by atoms with E-state index < -0.39 is 0 Å². The number of rotatable bonds is 3. The van der Waals surface area contributed by atoms with Crippen LogP contribution in [0.5, 0.6) is 0 Å². The molecule has 0 aliphatic carbocycles. The lowest BCUT2D eigenvalue weighted by Gasteiger charge is -1.88. The summed E-state index contributed by atoms with van der Waals surface area (Å²) in [6, 6.07) is 1.69. The summed E-state index contributed by atoms with van der Waals surface area (Å²) in [5.74, 6) is 0.655. The van der Waals surface area contributed by atoms with Crippen molar-refractivity contribution in [2.75, 3.05) is 0 Å². The van der Waals surface area contributed by atoms with Crippen LogP contribution in [0.3, 0.4) is 0 Å². The molecular formula is C5H6N2O2. The number of amides is 1. The second-order valence-electron chi connectivity index (χ2n) is 1.48. The molecule has 1 heterocycles. The smallest absolute Gasteiger partial charge is 0.207 e. The Balaban J connectivity index is 2.38. The van der Waals surface area contributed by atoms with Crippen LogP contribution in [0, 0.1) is 0 Å². The molecule has 1 aromatic rings. The highest BCUT2D eigenvalue weighted by Gasteiger charge is 1.91. The first-order chi connectivity index (χ1) is 4.43. The Labute approximate surface area is 51.8 Å². The third-order valence-electron chi connectivity index (χ3n) is 0.851. The number of aromatic nitrogens is 1. The molecule has 0 unspecified atom stereocenters. The monoisotopic (exact) mass is 126 g/mol. The van der Waals surface area contributed by atoms with E-state index in [0.29, 0.717) is 18.7 Å². The van der Waals surface area contributed by atoms with Crippen molar-refractivity contribution in [3.05, 3.63) is 18.0 Å². The molecule has 1 rings (SSSR count). The van der Waals surface area contributed by atoms with Gasteiger partial charge in [-0.05, 0) is 0 Å². The summed E-state index contributed by atoms with van der Waals surface area (Å²) in [4.78, 5) is 9.73. The molecule has 0 radical (unpaired) electrons. The average molecular weight is 126 g/mol. The Hall–Kier alpha value is -1.32. The number of nitrogens with one attached hydrogen (secondary N) is 1. The van der Waals surface area contributed by atoms with Crippen LogP contribution in [-0.4, -0.2) is 11.6 Å². The Bertz CT molecular complexity index is 171. The quantitative estimate of drug-likeness (QED) is 0.576. The molecule has 1 amide bonds. The molecule has 0 bridgehead atoms. The van der Waals surface area contributed by atoms with Gasteiger partial charge in [0, 0.05) is 6.07 Å². The second-order valence-corrected chi connectivity index (χ2v) is 1.48. The third kappa shape index (κ3) is 1.56. The summed E-state index contributed by atoms with van der Waals surface area (Å²) in [7, 11) is 0. The second kappa shape index (κ2) is 2.86. The normalized spacial score (nSPS) is 8.89. The lowest BCUT2D eigenvalue weighted by molar-refractivity contribution is -0.109. The van der Waals surface area contributed by atoms with E-state index in [4.69, 9.17) is 0 Å². The van der Waals surface area contributed by atoms with Crippen molar-refractivity contribution in [1.82, 2.24) is 10.5 Å². The summed E-state index contributed by atoms with van der Waals surface area (Å²) >= 11 is 0. The lowest BCUT2D eigenvalue weighted by Crippen LogP contribution is -2.08. The molecule has 0 saturated heterocycles. The summed E-state index contributed by atoms with van der Waals surface area (Å²) < 4.78 is 4.66. The van der Waals surface area contributed by atoms with Crippen LogP contribution in [-0.2, 0) is 11.3 Å². The summed E-state index contributed by atoms with van der Waals surface area (Å²) in [6.07, 6.45) is 2.14. The molecule has 0 atom stereocenters. The summed E-state index contributed by atoms with van der Waals surface area (Å²) in [5, 5.41) is 5.88. The lowest BCUT2D eigenvalue weighted by atomic mass is 10.5. The Morgan fingerprint density at radius 1 is 1.89 bits per heavy atom. The van der Waals surface area contributed by atoms with Crippen molar-refractivity contribution >= 4 is 6.41 Å². The van der Waals surface area contributed by atoms with Gasteiger partial charge in [0.1, 0.15) is 0 Å². The summed E-state index contributed by atoms with van der Waals surface area (Å²) in [6.45, 7) is 0.406. The third-order valence-corrected chi connectivity index (χ3v) is 0.851. The Morgan fingerprint density at radius 3 is 3.33 bits per heavy atom. The molecule has 0 aliphatic heterocycles. The maximum Gasteiger partial charge on any atom is 0.207 e. The van der Waals surface area contributed by atoms with Gasteiger partial charge in [-0.3, -0.25) is 4.79 Å². The van der Waals surface area contributed by atoms with E-state index >= 15 is 0 Å². The number of hydrogen-bond acceptors (Lipinski definition) is 3. The van der Waals surface area contributed by atoms with E-state index in [0.717, 1.165) is 0 Å². The van der Waals surface area contributed by atoms with E-state index in [1.807, 2.05) is 0 Å². The highest BCUT2D eigenvalue weighted by molar-refractivity contribution is 5.45. The molecule has 1 aromatic heterocycles. The van der Waals surface area contributed by atoms with Gasteiger partial charge in [0.05, 0.1) is 12.7 Å². The van der Waals surface area contributed by atoms with Crippen LogP contribution >= 0.6 is 0 Å². The van der Waals surface area contributed by atoms with Crippen molar-refractivity contribution in [3.63, 3.8) is 0 Å². The van der Waals surface area contributed by atoms with Crippen molar-refractivity contribution in [1.29, 1.82) is 0 Å². The van der Waals surface area contributed by atoms with Crippen molar-refractivity contribution in [2.24, 2.45) is 0 Å². The zero-order valence-electron chi connectivity index (χ0n) is 4.70. The molecule has 9 heavy (non-hydrogen) atoms. The number of nitrogens with zero attached hydrogens (tertiary/aromatic N) is 1. The van der Waals surface area contributed by atoms with Crippen LogP contribution in [0.25, 0.3) is 0 Å². The molecule has 0 saturated carbocycles. The van der Waals surface area contributed by atoms with E-state index in [1.165, 1.54) is 6.20 Å². The standard InChI is InChI=1S/C5H6N2O2/c8-4-6-3-5-1-2-7-9-5/h1-2,4H,3H2,(H,6,8). The topological polar surface area (TPSA) is 55.1 Å². The van der Waals surface area contributed by atoms with Gasteiger partial charge in [0.15, 0.2) is 5.76 Å². The maximum atomic E-state index is 9.73.